The van der Waals surface area contributed by atoms with Crippen LogP contribution in [0.15, 0.2) is 30.9 Å². The Kier molecular flexibility index (Phi) is 3.59. The Bertz CT molecular complexity index is 385. The predicted molar refractivity (Wildman–Crippen MR) is 53.2 cm³/mol. The molecule has 0 aliphatic carbocycles. The minimum atomic E-state index is -4.43. The third-order valence-electron chi connectivity index (χ3n) is 2.10. The number of hydrogen-bond donors (Lipinski definition) is 1. The van der Waals surface area contributed by atoms with Gasteiger partial charge in [0.25, 0.3) is 0 Å². The van der Waals surface area contributed by atoms with Gasteiger partial charge in [0.05, 0.1) is 12.7 Å². The van der Waals surface area contributed by atoms with Gasteiger partial charge in [-0.1, -0.05) is 12.1 Å². The topological polar surface area (TPSA) is 29.5 Å². The average Bonchev–Trinajstić information content (AvgIpc) is 2.26. The largest absolute Gasteiger partial charge is 0.496 e. The second-order valence-corrected chi connectivity index (χ2v) is 3.14. The van der Waals surface area contributed by atoms with Crippen molar-refractivity contribution in [1.29, 1.82) is 0 Å². The van der Waals surface area contributed by atoms with Crippen molar-refractivity contribution in [2.24, 2.45) is 0 Å². The normalized spacial score (nSPS) is 13.3. The summed E-state index contributed by atoms with van der Waals surface area (Å²) in [5.41, 5.74) is -0.560. The van der Waals surface area contributed by atoms with Crippen LogP contribution in [0.2, 0.25) is 0 Å². The van der Waals surface area contributed by atoms with Gasteiger partial charge in [-0.3, -0.25) is 0 Å². The zero-order chi connectivity index (χ0) is 12.3. The van der Waals surface area contributed by atoms with E-state index in [4.69, 9.17) is 4.74 Å². The Morgan fingerprint density at radius 2 is 2.06 bits per heavy atom. The lowest BCUT2D eigenvalue weighted by Crippen LogP contribution is -2.07. The first-order valence-electron chi connectivity index (χ1n) is 4.46. The summed E-state index contributed by atoms with van der Waals surface area (Å²) in [6, 6.07) is 2.92. The van der Waals surface area contributed by atoms with Gasteiger partial charge in [0.15, 0.2) is 0 Å². The van der Waals surface area contributed by atoms with Crippen LogP contribution in [-0.4, -0.2) is 12.2 Å². The zero-order valence-electron chi connectivity index (χ0n) is 8.58. The van der Waals surface area contributed by atoms with Crippen LogP contribution in [0, 0.1) is 0 Å². The minimum absolute atomic E-state index is 0.0118. The van der Waals surface area contributed by atoms with Gasteiger partial charge in [-0.05, 0) is 12.1 Å². The van der Waals surface area contributed by atoms with Crippen LogP contribution in [0.25, 0.3) is 0 Å². The van der Waals surface area contributed by atoms with Crippen LogP contribution in [0.1, 0.15) is 17.2 Å². The number of benzene rings is 1. The van der Waals surface area contributed by atoms with E-state index in [0.29, 0.717) is 0 Å². The molecule has 0 aliphatic rings. The molecule has 0 amide bonds. The molecule has 1 atom stereocenters. The lowest BCUT2D eigenvalue weighted by Gasteiger charge is -2.14. The fraction of sp³-hybridized carbons (Fsp3) is 0.273. The third kappa shape index (κ3) is 2.55. The van der Waals surface area contributed by atoms with Crippen LogP contribution in [0.5, 0.6) is 5.75 Å². The molecule has 0 bridgehead atoms. The monoisotopic (exact) mass is 232 g/mol. The average molecular weight is 232 g/mol. The van der Waals surface area contributed by atoms with Crippen molar-refractivity contribution in [2.45, 2.75) is 12.3 Å². The van der Waals surface area contributed by atoms with Crippen molar-refractivity contribution in [3.8, 4) is 5.75 Å². The molecule has 16 heavy (non-hydrogen) atoms. The number of methoxy groups -OCH3 is 1. The fourth-order valence-corrected chi connectivity index (χ4v) is 1.26. The molecule has 0 aliphatic heterocycles. The molecule has 0 aromatic heterocycles. The van der Waals surface area contributed by atoms with Gasteiger partial charge in [0.2, 0.25) is 0 Å². The molecule has 2 nitrogen and oxygen atoms in total. The maximum atomic E-state index is 12.4. The van der Waals surface area contributed by atoms with E-state index in [1.807, 2.05) is 0 Å². The first-order chi connectivity index (χ1) is 7.40. The van der Waals surface area contributed by atoms with Gasteiger partial charge in [0, 0.05) is 5.56 Å². The van der Waals surface area contributed by atoms with Gasteiger partial charge < -0.3 is 9.84 Å². The molecule has 1 unspecified atom stereocenters. The van der Waals surface area contributed by atoms with E-state index in [9.17, 15) is 18.3 Å². The van der Waals surface area contributed by atoms with E-state index in [1.165, 1.54) is 19.3 Å². The lowest BCUT2D eigenvalue weighted by molar-refractivity contribution is -0.137. The molecule has 0 heterocycles. The molecule has 0 saturated heterocycles. The van der Waals surface area contributed by atoms with Gasteiger partial charge in [0.1, 0.15) is 11.9 Å². The van der Waals surface area contributed by atoms with Gasteiger partial charge in [-0.2, -0.15) is 13.2 Å². The van der Waals surface area contributed by atoms with E-state index >= 15 is 0 Å². The Morgan fingerprint density at radius 1 is 1.44 bits per heavy atom. The SMILES string of the molecule is C=CC(O)c1ccc(C(F)(F)F)cc1OC. The van der Waals surface area contributed by atoms with Crippen LogP contribution in [0.3, 0.4) is 0 Å². The van der Waals surface area contributed by atoms with E-state index in [1.54, 1.807) is 0 Å². The highest BCUT2D eigenvalue weighted by molar-refractivity contribution is 5.41. The smallest absolute Gasteiger partial charge is 0.416 e. The molecule has 1 aromatic rings. The van der Waals surface area contributed by atoms with E-state index < -0.39 is 17.8 Å². The summed E-state index contributed by atoms with van der Waals surface area (Å²) in [7, 11) is 1.24. The second kappa shape index (κ2) is 4.57. The summed E-state index contributed by atoms with van der Waals surface area (Å²) in [5, 5.41) is 9.46. The fourth-order valence-electron chi connectivity index (χ4n) is 1.26. The standard InChI is InChI=1S/C11H11F3O2/c1-3-9(15)8-5-4-7(11(12,13)14)6-10(8)16-2/h3-6,9,15H,1H2,2H3. The number of halogens is 3. The Hall–Kier alpha value is -1.49. The first kappa shape index (κ1) is 12.6. The maximum absolute atomic E-state index is 12.4. The Labute approximate surface area is 91.0 Å². The summed E-state index contributed by atoms with van der Waals surface area (Å²) in [6.07, 6.45) is -4.26. The van der Waals surface area contributed by atoms with Crippen molar-refractivity contribution >= 4 is 0 Å². The Balaban J connectivity index is 3.22. The van der Waals surface area contributed by atoms with E-state index in [2.05, 4.69) is 6.58 Å². The molecule has 0 radical (unpaired) electrons. The molecule has 0 saturated carbocycles. The number of ether oxygens (including phenoxy) is 1. The highest BCUT2D eigenvalue weighted by atomic mass is 19.4. The number of aliphatic hydroxyl groups excluding tert-OH is 1. The highest BCUT2D eigenvalue weighted by Crippen LogP contribution is 2.35. The van der Waals surface area contributed by atoms with Crippen LogP contribution >= 0.6 is 0 Å². The van der Waals surface area contributed by atoms with E-state index in [0.717, 1.165) is 12.1 Å². The quantitative estimate of drug-likeness (QED) is 0.812. The van der Waals surface area contributed by atoms with Gasteiger partial charge in [-0.25, -0.2) is 0 Å². The summed E-state index contributed by atoms with van der Waals surface area (Å²) in [4.78, 5) is 0. The summed E-state index contributed by atoms with van der Waals surface area (Å²) in [6.45, 7) is 3.36. The molecule has 5 heteroatoms. The van der Waals surface area contributed by atoms with Crippen LogP contribution < -0.4 is 4.74 Å². The number of aliphatic hydroxyl groups is 1. The molecule has 88 valence electrons. The van der Waals surface area contributed by atoms with Crippen LogP contribution in [0.4, 0.5) is 13.2 Å². The number of alkyl halides is 3. The van der Waals surface area contributed by atoms with Crippen LogP contribution in [-0.2, 0) is 6.18 Å². The summed E-state index contributed by atoms with van der Waals surface area (Å²) in [5.74, 6) is -0.0118. The minimum Gasteiger partial charge on any atom is -0.496 e. The van der Waals surface area contributed by atoms with E-state index in [-0.39, 0.29) is 11.3 Å². The second-order valence-electron chi connectivity index (χ2n) is 3.14. The van der Waals surface area contributed by atoms with Gasteiger partial charge in [-0.15, -0.1) is 6.58 Å². The third-order valence-corrected chi connectivity index (χ3v) is 2.10. The summed E-state index contributed by atoms with van der Waals surface area (Å²) < 4.78 is 41.9. The molecule has 0 spiro atoms. The predicted octanol–water partition coefficient (Wildman–Crippen LogP) is 2.93. The first-order valence-corrected chi connectivity index (χ1v) is 4.46. The number of rotatable bonds is 3. The van der Waals surface area contributed by atoms with Gasteiger partial charge >= 0.3 is 6.18 Å². The lowest BCUT2D eigenvalue weighted by atomic mass is 10.1. The van der Waals surface area contributed by atoms with Crippen molar-refractivity contribution in [3.05, 3.63) is 42.0 Å². The molecule has 1 rings (SSSR count). The molecular weight excluding hydrogens is 221 g/mol. The zero-order valence-corrected chi connectivity index (χ0v) is 8.58. The molecular formula is C11H11F3O2. The summed E-state index contributed by atoms with van der Waals surface area (Å²) >= 11 is 0. The van der Waals surface area contributed by atoms with Crippen molar-refractivity contribution in [1.82, 2.24) is 0 Å². The van der Waals surface area contributed by atoms with Crippen molar-refractivity contribution in [3.63, 3.8) is 0 Å². The number of hydrogen-bond acceptors (Lipinski definition) is 2. The Morgan fingerprint density at radius 3 is 2.50 bits per heavy atom. The van der Waals surface area contributed by atoms with Crippen molar-refractivity contribution < 1.29 is 23.0 Å². The molecule has 1 aromatic carbocycles. The molecule has 0 fully saturated rings. The van der Waals surface area contributed by atoms with Crippen molar-refractivity contribution in [2.75, 3.05) is 7.11 Å². The maximum Gasteiger partial charge on any atom is 0.416 e. The molecule has 1 N–H and O–H groups in total. The highest BCUT2D eigenvalue weighted by Gasteiger charge is 2.31.